The third kappa shape index (κ3) is 3.40. The Kier molecular flexibility index (Phi) is 4.59. The number of pyridine rings is 1. The van der Waals surface area contributed by atoms with Gasteiger partial charge >= 0.3 is 6.18 Å². The summed E-state index contributed by atoms with van der Waals surface area (Å²) in [5.41, 5.74) is 2.14. The van der Waals surface area contributed by atoms with E-state index >= 15 is 0 Å². The number of imidazole rings is 1. The fourth-order valence-corrected chi connectivity index (χ4v) is 2.05. The molecule has 0 fully saturated rings. The molecule has 2 aromatic heterocycles. The summed E-state index contributed by atoms with van der Waals surface area (Å²) < 4.78 is 39.5. The minimum absolute atomic E-state index is 0.383. The molecule has 2 aromatic rings. The molecule has 2 rings (SSSR count). The smallest absolute Gasteiger partial charge is 0.333 e. The number of nitrogens with two attached hydrogens (primary N) is 1. The van der Waals surface area contributed by atoms with Gasteiger partial charge in [-0.3, -0.25) is 10.8 Å². The van der Waals surface area contributed by atoms with Crippen LogP contribution in [0.2, 0.25) is 0 Å². The van der Waals surface area contributed by atoms with Gasteiger partial charge in [-0.1, -0.05) is 6.92 Å². The van der Waals surface area contributed by atoms with Gasteiger partial charge in [0, 0.05) is 25.1 Å². The number of aryl methyl sites for hydroxylation is 1. The summed E-state index contributed by atoms with van der Waals surface area (Å²) in [6.07, 6.45) is 0.721. The van der Waals surface area contributed by atoms with Crippen LogP contribution in [0.3, 0.4) is 0 Å². The Bertz CT molecular complexity index is 576. The zero-order chi connectivity index (χ0) is 15.5. The first-order valence-corrected chi connectivity index (χ1v) is 6.47. The minimum atomic E-state index is -4.40. The Balaban J connectivity index is 2.31. The average Bonchev–Trinajstić information content (AvgIpc) is 2.88. The standard InChI is InChI=1S/C13H16F3N5/c1-2-6-21-7-5-18-12(21)11(20-17)10-4-3-9(8-19-10)13(14,15)16/h3-5,7-8,11,20H,2,6,17H2,1H3. The molecule has 114 valence electrons. The van der Waals surface area contributed by atoms with Crippen molar-refractivity contribution in [3.63, 3.8) is 0 Å². The summed E-state index contributed by atoms with van der Waals surface area (Å²) in [6.45, 7) is 2.76. The highest BCUT2D eigenvalue weighted by atomic mass is 19.4. The molecule has 0 radical (unpaired) electrons. The first kappa shape index (κ1) is 15.5. The third-order valence-corrected chi connectivity index (χ3v) is 3.05. The van der Waals surface area contributed by atoms with Crippen LogP contribution in [0, 0.1) is 0 Å². The molecule has 0 aliphatic heterocycles. The molecule has 0 aromatic carbocycles. The van der Waals surface area contributed by atoms with Gasteiger partial charge in [0.2, 0.25) is 0 Å². The van der Waals surface area contributed by atoms with E-state index < -0.39 is 17.8 Å². The lowest BCUT2D eigenvalue weighted by atomic mass is 10.1. The number of halogens is 3. The van der Waals surface area contributed by atoms with Gasteiger partial charge in [0.15, 0.2) is 0 Å². The van der Waals surface area contributed by atoms with Gasteiger partial charge in [-0.2, -0.15) is 13.2 Å². The van der Waals surface area contributed by atoms with Gasteiger partial charge in [0.25, 0.3) is 0 Å². The van der Waals surface area contributed by atoms with Crippen LogP contribution < -0.4 is 11.3 Å². The molecule has 8 heteroatoms. The van der Waals surface area contributed by atoms with Crippen LogP contribution in [0.4, 0.5) is 13.2 Å². The van der Waals surface area contributed by atoms with Crippen molar-refractivity contribution in [1.29, 1.82) is 0 Å². The molecule has 0 aliphatic rings. The summed E-state index contributed by atoms with van der Waals surface area (Å²) in [4.78, 5) is 8.07. The first-order chi connectivity index (χ1) is 9.97. The van der Waals surface area contributed by atoms with Gasteiger partial charge in [-0.15, -0.1) is 0 Å². The number of hydrogen-bond acceptors (Lipinski definition) is 4. The van der Waals surface area contributed by atoms with Crippen molar-refractivity contribution in [2.45, 2.75) is 32.1 Å². The van der Waals surface area contributed by atoms with E-state index in [1.165, 1.54) is 6.07 Å². The van der Waals surface area contributed by atoms with E-state index in [9.17, 15) is 13.2 Å². The van der Waals surface area contributed by atoms with E-state index in [-0.39, 0.29) is 0 Å². The quantitative estimate of drug-likeness (QED) is 0.656. The number of alkyl halides is 3. The highest BCUT2D eigenvalue weighted by molar-refractivity contribution is 5.23. The van der Waals surface area contributed by atoms with Crippen LogP contribution in [0.1, 0.15) is 36.5 Å². The zero-order valence-electron chi connectivity index (χ0n) is 11.4. The summed E-state index contributed by atoms with van der Waals surface area (Å²) in [5, 5.41) is 0. The molecule has 2 heterocycles. The molecule has 0 bridgehead atoms. The summed E-state index contributed by atoms with van der Waals surface area (Å²) >= 11 is 0. The maximum absolute atomic E-state index is 12.5. The first-order valence-electron chi connectivity index (χ1n) is 6.47. The Morgan fingerprint density at radius 1 is 1.33 bits per heavy atom. The lowest BCUT2D eigenvalue weighted by Crippen LogP contribution is -2.32. The van der Waals surface area contributed by atoms with Crippen molar-refractivity contribution >= 4 is 0 Å². The van der Waals surface area contributed by atoms with Crippen LogP contribution in [-0.2, 0) is 12.7 Å². The fraction of sp³-hybridized carbons (Fsp3) is 0.385. The second-order valence-corrected chi connectivity index (χ2v) is 4.55. The normalized spacial score (nSPS) is 13.4. The van der Waals surface area contributed by atoms with Crippen LogP contribution in [0.5, 0.6) is 0 Å². The second-order valence-electron chi connectivity index (χ2n) is 4.55. The number of nitrogens with zero attached hydrogens (tertiary/aromatic N) is 3. The van der Waals surface area contributed by atoms with E-state index in [4.69, 9.17) is 5.84 Å². The lowest BCUT2D eigenvalue weighted by molar-refractivity contribution is -0.137. The van der Waals surface area contributed by atoms with Crippen molar-refractivity contribution in [2.75, 3.05) is 0 Å². The Hall–Kier alpha value is -1.93. The largest absolute Gasteiger partial charge is 0.417 e. The van der Waals surface area contributed by atoms with Crippen LogP contribution in [0.25, 0.3) is 0 Å². The van der Waals surface area contributed by atoms with E-state index in [1.54, 1.807) is 12.4 Å². The van der Waals surface area contributed by atoms with Gasteiger partial charge in [0.1, 0.15) is 11.9 Å². The number of nitrogens with one attached hydrogen (secondary N) is 1. The lowest BCUT2D eigenvalue weighted by Gasteiger charge is -2.17. The number of rotatable bonds is 5. The van der Waals surface area contributed by atoms with Gasteiger partial charge in [-0.05, 0) is 18.6 Å². The maximum atomic E-state index is 12.5. The Morgan fingerprint density at radius 3 is 2.62 bits per heavy atom. The maximum Gasteiger partial charge on any atom is 0.417 e. The number of hydrogen-bond donors (Lipinski definition) is 2. The molecular formula is C13H16F3N5. The van der Waals surface area contributed by atoms with Crippen LogP contribution in [0.15, 0.2) is 30.7 Å². The molecule has 21 heavy (non-hydrogen) atoms. The third-order valence-electron chi connectivity index (χ3n) is 3.05. The molecule has 0 aliphatic carbocycles. The molecule has 0 saturated heterocycles. The fourth-order valence-electron chi connectivity index (χ4n) is 2.05. The highest BCUT2D eigenvalue weighted by Crippen LogP contribution is 2.29. The van der Waals surface area contributed by atoms with E-state index in [0.717, 1.165) is 25.2 Å². The molecular weight excluding hydrogens is 283 g/mol. The molecule has 1 atom stereocenters. The molecule has 0 spiro atoms. The number of aromatic nitrogens is 3. The summed E-state index contributed by atoms with van der Waals surface area (Å²) in [6, 6.07) is 1.73. The van der Waals surface area contributed by atoms with Crippen molar-refractivity contribution in [2.24, 2.45) is 5.84 Å². The van der Waals surface area contributed by atoms with Gasteiger partial charge in [0.05, 0.1) is 11.3 Å². The molecule has 5 nitrogen and oxygen atoms in total. The molecule has 0 saturated carbocycles. The molecule has 0 amide bonds. The predicted octanol–water partition coefficient (Wildman–Crippen LogP) is 2.26. The SMILES string of the molecule is CCCn1ccnc1C(NN)c1ccc(C(F)(F)F)cn1. The van der Waals surface area contributed by atoms with Gasteiger partial charge in [-0.25, -0.2) is 10.4 Å². The van der Waals surface area contributed by atoms with Crippen molar-refractivity contribution in [1.82, 2.24) is 20.0 Å². The highest BCUT2D eigenvalue weighted by Gasteiger charge is 2.31. The van der Waals surface area contributed by atoms with E-state index in [1.807, 2.05) is 11.5 Å². The van der Waals surface area contributed by atoms with Crippen molar-refractivity contribution in [3.05, 3.63) is 47.8 Å². The van der Waals surface area contributed by atoms with E-state index in [2.05, 4.69) is 15.4 Å². The van der Waals surface area contributed by atoms with Crippen molar-refractivity contribution < 1.29 is 13.2 Å². The summed E-state index contributed by atoms with van der Waals surface area (Å²) in [7, 11) is 0. The predicted molar refractivity (Wildman–Crippen MR) is 70.9 cm³/mol. The Labute approximate surface area is 120 Å². The van der Waals surface area contributed by atoms with E-state index in [0.29, 0.717) is 11.5 Å². The second kappa shape index (κ2) is 6.23. The topological polar surface area (TPSA) is 68.8 Å². The minimum Gasteiger partial charge on any atom is -0.333 e. The zero-order valence-corrected chi connectivity index (χ0v) is 11.4. The van der Waals surface area contributed by atoms with Crippen molar-refractivity contribution in [3.8, 4) is 0 Å². The summed E-state index contributed by atoms with van der Waals surface area (Å²) in [5.74, 6) is 6.14. The average molecular weight is 299 g/mol. The van der Waals surface area contributed by atoms with Gasteiger partial charge < -0.3 is 4.57 Å². The monoisotopic (exact) mass is 299 g/mol. The van der Waals surface area contributed by atoms with Crippen LogP contribution >= 0.6 is 0 Å². The molecule has 3 N–H and O–H groups in total. The number of hydrazine groups is 1. The molecule has 1 unspecified atom stereocenters. The Morgan fingerprint density at radius 2 is 2.10 bits per heavy atom. The van der Waals surface area contributed by atoms with Crippen LogP contribution in [-0.4, -0.2) is 14.5 Å².